The molecule has 1 aliphatic heterocycles. The molecule has 0 spiro atoms. The van der Waals surface area contributed by atoms with Gasteiger partial charge in [0.1, 0.15) is 5.82 Å². The van der Waals surface area contributed by atoms with Gasteiger partial charge in [0.15, 0.2) is 0 Å². The first-order valence-electron chi connectivity index (χ1n) is 9.10. The molecule has 0 bridgehead atoms. The van der Waals surface area contributed by atoms with Gasteiger partial charge in [-0.2, -0.15) is 0 Å². The number of piperazine rings is 1. The second-order valence-corrected chi connectivity index (χ2v) is 6.70. The van der Waals surface area contributed by atoms with E-state index in [-0.39, 0.29) is 18.4 Å². The maximum absolute atomic E-state index is 13.4. The SMILES string of the molecule is O=C(O)CC[C@@H](c1ccccc1)N1CCN(C(=O)c2cccc(F)c2)CC1. The lowest BCUT2D eigenvalue weighted by Crippen LogP contribution is -2.49. The van der Waals surface area contributed by atoms with Crippen molar-refractivity contribution in [2.75, 3.05) is 26.2 Å². The standard InChI is InChI=1S/C21H23FN2O3/c22-18-8-4-7-17(15-18)21(27)24-13-11-23(12-14-24)19(9-10-20(25)26)16-5-2-1-3-6-16/h1-8,15,19H,9-14H2,(H,25,26)/t19-/m0/s1. The van der Waals surface area contributed by atoms with E-state index < -0.39 is 11.8 Å². The normalized spacial score (nSPS) is 16.1. The summed E-state index contributed by atoms with van der Waals surface area (Å²) in [5.41, 5.74) is 1.44. The fourth-order valence-corrected chi connectivity index (χ4v) is 3.54. The largest absolute Gasteiger partial charge is 0.481 e. The Balaban J connectivity index is 1.66. The smallest absolute Gasteiger partial charge is 0.303 e. The van der Waals surface area contributed by atoms with Crippen molar-refractivity contribution in [2.45, 2.75) is 18.9 Å². The van der Waals surface area contributed by atoms with E-state index in [1.165, 1.54) is 18.2 Å². The lowest BCUT2D eigenvalue weighted by atomic mass is 9.99. The summed E-state index contributed by atoms with van der Waals surface area (Å²) in [6.07, 6.45) is 0.624. The number of carbonyl (C=O) groups is 2. The molecule has 0 unspecified atom stereocenters. The summed E-state index contributed by atoms with van der Waals surface area (Å²) >= 11 is 0. The van der Waals surface area contributed by atoms with E-state index in [4.69, 9.17) is 5.11 Å². The Morgan fingerprint density at radius 1 is 1.00 bits per heavy atom. The predicted octanol–water partition coefficient (Wildman–Crippen LogP) is 3.19. The Hall–Kier alpha value is -2.73. The maximum atomic E-state index is 13.4. The van der Waals surface area contributed by atoms with Crippen LogP contribution in [0.3, 0.4) is 0 Å². The summed E-state index contributed by atoms with van der Waals surface area (Å²) < 4.78 is 13.4. The summed E-state index contributed by atoms with van der Waals surface area (Å²) in [6, 6.07) is 15.6. The van der Waals surface area contributed by atoms with Crippen molar-refractivity contribution in [1.29, 1.82) is 0 Å². The monoisotopic (exact) mass is 370 g/mol. The van der Waals surface area contributed by atoms with Gasteiger partial charge in [-0.05, 0) is 30.2 Å². The van der Waals surface area contributed by atoms with Crippen molar-refractivity contribution in [1.82, 2.24) is 9.80 Å². The van der Waals surface area contributed by atoms with Gasteiger partial charge < -0.3 is 10.0 Å². The molecular formula is C21H23FN2O3. The zero-order valence-corrected chi connectivity index (χ0v) is 15.1. The van der Waals surface area contributed by atoms with Crippen LogP contribution in [0.2, 0.25) is 0 Å². The lowest BCUT2D eigenvalue weighted by molar-refractivity contribution is -0.137. The number of hydrogen-bond donors (Lipinski definition) is 1. The minimum atomic E-state index is -0.809. The lowest BCUT2D eigenvalue weighted by Gasteiger charge is -2.39. The molecule has 1 N–H and O–H groups in total. The third-order valence-corrected chi connectivity index (χ3v) is 4.93. The van der Waals surface area contributed by atoms with Crippen LogP contribution in [0.4, 0.5) is 4.39 Å². The highest BCUT2D eigenvalue weighted by molar-refractivity contribution is 5.94. The molecule has 1 amide bonds. The molecule has 1 heterocycles. The summed E-state index contributed by atoms with van der Waals surface area (Å²) in [4.78, 5) is 27.6. The Bertz CT molecular complexity index is 789. The summed E-state index contributed by atoms with van der Waals surface area (Å²) in [5, 5.41) is 9.07. The molecule has 5 nitrogen and oxygen atoms in total. The molecule has 1 saturated heterocycles. The van der Waals surface area contributed by atoms with E-state index in [1.807, 2.05) is 30.3 Å². The molecule has 142 valence electrons. The highest BCUT2D eigenvalue weighted by Crippen LogP contribution is 2.27. The third kappa shape index (κ3) is 4.92. The fraction of sp³-hybridized carbons (Fsp3) is 0.333. The number of carboxylic acid groups (broad SMARTS) is 1. The number of carbonyl (C=O) groups excluding carboxylic acids is 1. The van der Waals surface area contributed by atoms with Crippen LogP contribution in [-0.4, -0.2) is 53.0 Å². The molecule has 3 rings (SSSR count). The van der Waals surface area contributed by atoms with E-state index in [9.17, 15) is 14.0 Å². The fourth-order valence-electron chi connectivity index (χ4n) is 3.54. The first kappa shape index (κ1) is 19.0. The van der Waals surface area contributed by atoms with Crippen LogP contribution >= 0.6 is 0 Å². The van der Waals surface area contributed by atoms with Crippen molar-refractivity contribution < 1.29 is 19.1 Å². The average molecular weight is 370 g/mol. The minimum Gasteiger partial charge on any atom is -0.481 e. The van der Waals surface area contributed by atoms with Crippen LogP contribution in [-0.2, 0) is 4.79 Å². The number of amides is 1. The topological polar surface area (TPSA) is 60.9 Å². The van der Waals surface area contributed by atoms with Crippen LogP contribution < -0.4 is 0 Å². The average Bonchev–Trinajstić information content (AvgIpc) is 2.69. The Labute approximate surface area is 158 Å². The van der Waals surface area contributed by atoms with Crippen molar-refractivity contribution in [3.05, 3.63) is 71.5 Å². The Morgan fingerprint density at radius 3 is 2.33 bits per heavy atom. The van der Waals surface area contributed by atoms with Crippen molar-refractivity contribution in [2.24, 2.45) is 0 Å². The molecule has 2 aromatic carbocycles. The van der Waals surface area contributed by atoms with E-state index >= 15 is 0 Å². The zero-order chi connectivity index (χ0) is 19.2. The number of halogens is 1. The predicted molar refractivity (Wildman–Crippen MR) is 99.9 cm³/mol. The summed E-state index contributed by atoms with van der Waals surface area (Å²) in [6.45, 7) is 2.37. The van der Waals surface area contributed by atoms with Crippen molar-refractivity contribution >= 4 is 11.9 Å². The number of aliphatic carboxylic acids is 1. The molecule has 6 heteroatoms. The molecule has 1 atom stereocenters. The number of rotatable bonds is 6. The van der Waals surface area contributed by atoms with Crippen LogP contribution in [0.15, 0.2) is 54.6 Å². The molecule has 0 aromatic heterocycles. The molecule has 0 radical (unpaired) electrons. The molecule has 0 saturated carbocycles. The summed E-state index contributed by atoms with van der Waals surface area (Å²) in [5.74, 6) is -1.40. The molecular weight excluding hydrogens is 347 g/mol. The van der Waals surface area contributed by atoms with E-state index in [0.717, 1.165) is 5.56 Å². The number of carboxylic acids is 1. The number of hydrogen-bond acceptors (Lipinski definition) is 3. The van der Waals surface area contributed by atoms with Crippen molar-refractivity contribution in [3.8, 4) is 0 Å². The van der Waals surface area contributed by atoms with E-state index in [0.29, 0.717) is 38.2 Å². The van der Waals surface area contributed by atoms with Crippen LogP contribution in [0.1, 0.15) is 34.8 Å². The maximum Gasteiger partial charge on any atom is 0.303 e. The van der Waals surface area contributed by atoms with Gasteiger partial charge in [0.2, 0.25) is 0 Å². The molecule has 27 heavy (non-hydrogen) atoms. The molecule has 1 fully saturated rings. The van der Waals surface area contributed by atoms with E-state index in [1.54, 1.807) is 11.0 Å². The second-order valence-electron chi connectivity index (χ2n) is 6.70. The number of nitrogens with zero attached hydrogens (tertiary/aromatic N) is 2. The van der Waals surface area contributed by atoms with Crippen molar-refractivity contribution in [3.63, 3.8) is 0 Å². The molecule has 2 aromatic rings. The highest BCUT2D eigenvalue weighted by atomic mass is 19.1. The van der Waals surface area contributed by atoms with Gasteiger partial charge in [0.05, 0.1) is 0 Å². The van der Waals surface area contributed by atoms with Gasteiger partial charge in [-0.25, -0.2) is 4.39 Å². The third-order valence-electron chi connectivity index (χ3n) is 4.93. The molecule has 1 aliphatic rings. The highest BCUT2D eigenvalue weighted by Gasteiger charge is 2.28. The zero-order valence-electron chi connectivity index (χ0n) is 15.1. The van der Waals surface area contributed by atoms with Gasteiger partial charge in [0, 0.05) is 44.2 Å². The second kappa shape index (κ2) is 8.77. The van der Waals surface area contributed by atoms with Crippen LogP contribution in [0.5, 0.6) is 0 Å². The Kier molecular flexibility index (Phi) is 6.19. The number of benzene rings is 2. The Morgan fingerprint density at radius 2 is 1.70 bits per heavy atom. The first-order valence-corrected chi connectivity index (χ1v) is 9.10. The van der Waals surface area contributed by atoms with E-state index in [2.05, 4.69) is 4.90 Å². The van der Waals surface area contributed by atoms with Gasteiger partial charge in [0.25, 0.3) is 5.91 Å². The van der Waals surface area contributed by atoms with Gasteiger partial charge >= 0.3 is 5.97 Å². The van der Waals surface area contributed by atoms with Crippen LogP contribution in [0.25, 0.3) is 0 Å². The minimum absolute atomic E-state index is 0.00808. The van der Waals surface area contributed by atoms with Crippen LogP contribution in [0, 0.1) is 5.82 Å². The molecule has 0 aliphatic carbocycles. The summed E-state index contributed by atoms with van der Waals surface area (Å²) in [7, 11) is 0. The quantitative estimate of drug-likeness (QED) is 0.848. The first-order chi connectivity index (χ1) is 13.0. The van der Waals surface area contributed by atoms with Gasteiger partial charge in [-0.1, -0.05) is 36.4 Å². The van der Waals surface area contributed by atoms with Gasteiger partial charge in [-0.15, -0.1) is 0 Å². The van der Waals surface area contributed by atoms with Gasteiger partial charge in [-0.3, -0.25) is 14.5 Å².